The zero-order valence-corrected chi connectivity index (χ0v) is 25.9. The van der Waals surface area contributed by atoms with Gasteiger partial charge in [-0.3, -0.25) is 4.79 Å². The lowest BCUT2D eigenvalue weighted by Crippen LogP contribution is -2.66. The van der Waals surface area contributed by atoms with Crippen molar-refractivity contribution >= 4 is 24.5 Å². The molecular weight excluding hydrogens is 524 g/mol. The summed E-state index contributed by atoms with van der Waals surface area (Å²) in [6, 6.07) is 31.4. The van der Waals surface area contributed by atoms with Crippen molar-refractivity contribution < 1.29 is 18.7 Å². The van der Waals surface area contributed by atoms with Crippen LogP contribution in [0.3, 0.4) is 0 Å². The predicted molar refractivity (Wildman–Crippen MR) is 168 cm³/mol. The van der Waals surface area contributed by atoms with E-state index >= 15 is 0 Å². The molecule has 0 aromatic heterocycles. The molecule has 3 aromatic rings. The third kappa shape index (κ3) is 5.60. The van der Waals surface area contributed by atoms with Crippen LogP contribution in [0.1, 0.15) is 46.5 Å². The number of benzene rings is 3. The van der Waals surface area contributed by atoms with Crippen LogP contribution in [0, 0.1) is 17.3 Å². The maximum atomic E-state index is 13.8. The van der Waals surface area contributed by atoms with Crippen LogP contribution in [0.4, 0.5) is 0 Å². The summed E-state index contributed by atoms with van der Waals surface area (Å²) in [6.45, 7) is 7.98. The molecule has 0 saturated heterocycles. The van der Waals surface area contributed by atoms with E-state index in [1.54, 1.807) is 7.11 Å². The Balaban J connectivity index is 1.41. The Morgan fingerprint density at radius 2 is 1.46 bits per heavy atom. The molecule has 0 bridgehead atoms. The third-order valence-corrected chi connectivity index (χ3v) is 14.5. The molecule has 1 saturated carbocycles. The summed E-state index contributed by atoms with van der Waals surface area (Å²) in [5.41, 5.74) is -0.501. The number of carbonyl (C=O) groups is 1. The van der Waals surface area contributed by atoms with E-state index in [1.165, 1.54) is 10.4 Å². The highest BCUT2D eigenvalue weighted by Crippen LogP contribution is 2.56. The Bertz CT molecular complexity index is 1260. The molecule has 5 rings (SSSR count). The normalized spacial score (nSPS) is 24.3. The smallest absolute Gasteiger partial charge is 0.261 e. The van der Waals surface area contributed by atoms with Gasteiger partial charge in [0.05, 0.1) is 12.7 Å². The number of hydrogen-bond donors (Lipinski definition) is 0. The lowest BCUT2D eigenvalue weighted by Gasteiger charge is -2.44. The highest BCUT2D eigenvalue weighted by Gasteiger charge is 2.59. The van der Waals surface area contributed by atoms with E-state index in [0.717, 1.165) is 31.4 Å². The van der Waals surface area contributed by atoms with Crippen molar-refractivity contribution in [1.82, 2.24) is 0 Å². The molecule has 0 unspecified atom stereocenters. The second-order valence-electron chi connectivity index (χ2n) is 12.6. The Kier molecular flexibility index (Phi) is 8.98. The molecule has 4 nitrogen and oxygen atoms in total. The van der Waals surface area contributed by atoms with Crippen LogP contribution in [0.2, 0.25) is 5.04 Å². The van der Waals surface area contributed by atoms with Crippen molar-refractivity contribution in [2.75, 3.05) is 20.3 Å². The van der Waals surface area contributed by atoms with Gasteiger partial charge in [-0.2, -0.15) is 0 Å². The van der Waals surface area contributed by atoms with Gasteiger partial charge in [0.2, 0.25) is 0 Å². The number of fused-ring (bicyclic) bond motifs is 1. The molecule has 0 spiro atoms. The first-order chi connectivity index (χ1) is 19.8. The van der Waals surface area contributed by atoms with E-state index in [0.29, 0.717) is 13.2 Å². The van der Waals surface area contributed by atoms with Crippen LogP contribution in [-0.4, -0.2) is 40.5 Å². The third-order valence-electron chi connectivity index (χ3n) is 9.45. The fraction of sp³-hybridized carbons (Fsp3) is 0.417. The summed E-state index contributed by atoms with van der Waals surface area (Å²) in [5, 5.41) is 2.47. The summed E-state index contributed by atoms with van der Waals surface area (Å²) in [6.07, 6.45) is 7.21. The molecular formula is C36H44O4Si. The first kappa shape index (κ1) is 29.5. The lowest BCUT2D eigenvalue weighted by molar-refractivity contribution is -0.132. The standard InChI is InChI=1S/C36H44O4Si/c1-35(2,3)41(30-19-10-6-11-20-30,31-21-12-7-13-22-31)40-25-15-24-36-28(16-14-23-34(36)37)26-33(38-4)32(36)27-39-29-17-8-5-9-18-29/h5-14,17-23,28,32-33H,15-16,24-27H2,1-4H3/t28-,32-,33-,36-/m0/s1. The van der Waals surface area contributed by atoms with E-state index in [9.17, 15) is 4.79 Å². The number of ether oxygens (including phenoxy) is 2. The molecule has 2 aliphatic rings. The zero-order valence-electron chi connectivity index (χ0n) is 24.9. The summed E-state index contributed by atoms with van der Waals surface area (Å²) in [7, 11) is -0.861. The minimum atomic E-state index is -2.63. The molecule has 41 heavy (non-hydrogen) atoms. The fourth-order valence-corrected chi connectivity index (χ4v) is 12.2. The number of rotatable bonds is 11. The molecule has 1 fully saturated rings. The zero-order chi connectivity index (χ0) is 28.9. The number of allylic oxidation sites excluding steroid dienone is 2. The summed E-state index contributed by atoms with van der Waals surface area (Å²) in [4.78, 5) is 13.8. The van der Waals surface area contributed by atoms with E-state index in [-0.39, 0.29) is 28.8 Å². The second-order valence-corrected chi connectivity index (χ2v) is 16.9. The van der Waals surface area contributed by atoms with Crippen molar-refractivity contribution in [3.8, 4) is 5.75 Å². The largest absolute Gasteiger partial charge is 0.493 e. The van der Waals surface area contributed by atoms with Gasteiger partial charge in [0, 0.05) is 25.0 Å². The average molecular weight is 569 g/mol. The Labute approximate surface area is 246 Å². The van der Waals surface area contributed by atoms with E-state index in [1.807, 2.05) is 36.4 Å². The first-order valence-electron chi connectivity index (χ1n) is 15.0. The molecule has 0 aliphatic heterocycles. The number of hydrogen-bond acceptors (Lipinski definition) is 4. The molecule has 2 aliphatic carbocycles. The molecule has 4 atom stereocenters. The van der Waals surface area contributed by atoms with Gasteiger partial charge in [-0.15, -0.1) is 0 Å². The average Bonchev–Trinajstić information content (AvgIpc) is 3.31. The second kappa shape index (κ2) is 12.5. The van der Waals surface area contributed by atoms with Gasteiger partial charge in [-0.05, 0) is 65.2 Å². The van der Waals surface area contributed by atoms with Crippen molar-refractivity contribution in [2.24, 2.45) is 17.3 Å². The number of methoxy groups -OCH3 is 1. The Morgan fingerprint density at radius 1 is 0.878 bits per heavy atom. The SMILES string of the molecule is CO[C@H]1C[C@@H]2CC=CC(=O)[C@]2(CCCO[Si](c2ccccc2)(c2ccccc2)C(C)(C)C)[C@H]1COc1ccccc1. The van der Waals surface area contributed by atoms with E-state index in [4.69, 9.17) is 13.9 Å². The van der Waals surface area contributed by atoms with Crippen LogP contribution in [0.5, 0.6) is 5.75 Å². The van der Waals surface area contributed by atoms with E-state index < -0.39 is 13.7 Å². The van der Waals surface area contributed by atoms with Crippen molar-refractivity contribution in [1.29, 1.82) is 0 Å². The molecule has 0 amide bonds. The number of para-hydroxylation sites is 1. The van der Waals surface area contributed by atoms with Crippen LogP contribution in [0.15, 0.2) is 103 Å². The van der Waals surface area contributed by atoms with Gasteiger partial charge in [0.15, 0.2) is 5.78 Å². The van der Waals surface area contributed by atoms with Gasteiger partial charge in [0.25, 0.3) is 8.32 Å². The minimum Gasteiger partial charge on any atom is -0.493 e. The predicted octanol–water partition coefficient (Wildman–Crippen LogP) is 6.59. The number of ketones is 1. The number of carbonyl (C=O) groups excluding carboxylic acids is 1. The highest BCUT2D eigenvalue weighted by atomic mass is 28.4. The van der Waals surface area contributed by atoms with Crippen molar-refractivity contribution in [2.45, 2.75) is 57.6 Å². The molecule has 5 heteroatoms. The summed E-state index contributed by atoms with van der Waals surface area (Å²) < 4.78 is 19.5. The van der Waals surface area contributed by atoms with Gasteiger partial charge in [-0.1, -0.05) is 106 Å². The maximum Gasteiger partial charge on any atom is 0.261 e. The fourth-order valence-electron chi connectivity index (χ4n) is 7.56. The Hall–Kier alpha value is -2.99. The van der Waals surface area contributed by atoms with Crippen LogP contribution < -0.4 is 15.1 Å². The highest BCUT2D eigenvalue weighted by molar-refractivity contribution is 6.99. The van der Waals surface area contributed by atoms with Crippen LogP contribution >= 0.6 is 0 Å². The molecule has 216 valence electrons. The lowest BCUT2D eigenvalue weighted by atomic mass is 9.63. The molecule has 3 aromatic carbocycles. The van der Waals surface area contributed by atoms with Gasteiger partial charge in [-0.25, -0.2) is 0 Å². The monoisotopic (exact) mass is 568 g/mol. The maximum absolute atomic E-state index is 13.8. The van der Waals surface area contributed by atoms with Crippen molar-refractivity contribution in [3.63, 3.8) is 0 Å². The quantitative estimate of drug-likeness (QED) is 0.193. The molecule has 0 heterocycles. The summed E-state index contributed by atoms with van der Waals surface area (Å²) in [5.74, 6) is 1.29. The molecule has 0 radical (unpaired) electrons. The minimum absolute atomic E-state index is 0.00911. The van der Waals surface area contributed by atoms with Gasteiger partial charge in [0.1, 0.15) is 5.75 Å². The van der Waals surface area contributed by atoms with Gasteiger partial charge < -0.3 is 13.9 Å². The Morgan fingerprint density at radius 3 is 2.02 bits per heavy atom. The van der Waals surface area contributed by atoms with Crippen LogP contribution in [0.25, 0.3) is 0 Å². The van der Waals surface area contributed by atoms with E-state index in [2.05, 4.69) is 87.5 Å². The molecule has 0 N–H and O–H groups in total. The summed E-state index contributed by atoms with van der Waals surface area (Å²) >= 11 is 0. The van der Waals surface area contributed by atoms with Crippen molar-refractivity contribution in [3.05, 3.63) is 103 Å². The van der Waals surface area contributed by atoms with Gasteiger partial charge >= 0.3 is 0 Å². The first-order valence-corrected chi connectivity index (χ1v) is 16.9. The van der Waals surface area contributed by atoms with Crippen LogP contribution in [-0.2, 0) is 14.0 Å². The topological polar surface area (TPSA) is 44.8 Å².